The molecule has 3 N–H and O–H groups in total. The monoisotopic (exact) mass is 345 g/mol. The number of benzene rings is 1. The molecule has 138 valence electrons. The molecule has 0 aliphatic carbocycles. The number of aromatic nitrogens is 1. The summed E-state index contributed by atoms with van der Waals surface area (Å²) in [6, 6.07) is 4.57. The predicted molar refractivity (Wildman–Crippen MR) is 101 cm³/mol. The van der Waals surface area contributed by atoms with E-state index in [4.69, 9.17) is 4.74 Å². The average molecular weight is 345 g/mol. The van der Waals surface area contributed by atoms with Gasteiger partial charge in [0.1, 0.15) is 5.60 Å². The Labute approximate surface area is 150 Å². The van der Waals surface area contributed by atoms with Gasteiger partial charge < -0.3 is 19.9 Å². The van der Waals surface area contributed by atoms with Gasteiger partial charge in [0.05, 0.1) is 12.3 Å². The number of aryl methyl sites for hydroxylation is 1. The average Bonchev–Trinajstić information content (AvgIpc) is 2.99. The van der Waals surface area contributed by atoms with Crippen molar-refractivity contribution in [1.29, 1.82) is 0 Å². The summed E-state index contributed by atoms with van der Waals surface area (Å²) in [5, 5.41) is 20.1. The zero-order valence-corrected chi connectivity index (χ0v) is 15.7. The Morgan fingerprint density at radius 3 is 2.68 bits per heavy atom. The fraction of sp³-hybridized carbons (Fsp3) is 0.619. The van der Waals surface area contributed by atoms with E-state index in [2.05, 4.69) is 37.9 Å². The topological polar surface area (TPSA) is 65.5 Å². The molecule has 1 aliphatic rings. The van der Waals surface area contributed by atoms with E-state index in [-0.39, 0.29) is 13.2 Å². The lowest BCUT2D eigenvalue weighted by Crippen LogP contribution is -2.36. The van der Waals surface area contributed by atoms with Gasteiger partial charge in [0.25, 0.3) is 0 Å². The van der Waals surface area contributed by atoms with Crippen LogP contribution in [-0.2, 0) is 23.2 Å². The molecule has 1 aromatic heterocycles. The molecule has 2 heterocycles. The second-order valence-electron chi connectivity index (χ2n) is 7.49. The summed E-state index contributed by atoms with van der Waals surface area (Å²) in [6.07, 6.45) is 4.07. The molecule has 4 heteroatoms. The summed E-state index contributed by atoms with van der Waals surface area (Å²) < 4.78 is 6.18. The van der Waals surface area contributed by atoms with Gasteiger partial charge in [0, 0.05) is 30.5 Å². The number of H-pyrrole nitrogens is 1. The number of aliphatic hydroxyl groups is 2. The maximum Gasteiger partial charge on any atom is 0.110 e. The molecule has 0 amide bonds. The van der Waals surface area contributed by atoms with Crippen LogP contribution in [0.5, 0.6) is 0 Å². The lowest BCUT2D eigenvalue weighted by molar-refractivity contribution is -0.0795. The second-order valence-corrected chi connectivity index (χ2v) is 7.49. The molecule has 1 aromatic carbocycles. The highest BCUT2D eigenvalue weighted by Crippen LogP contribution is 2.43. The number of aliphatic hydroxyl groups excluding tert-OH is 2. The third-order valence-electron chi connectivity index (χ3n) is 5.62. The highest BCUT2D eigenvalue weighted by Gasteiger charge is 2.38. The SMILES string of the molecule is CCC1(CCO)OCCc2c1[nH]c1c(C(C)C)cc(CCCO)cc21. The fourth-order valence-corrected chi connectivity index (χ4v) is 4.22. The number of hydrogen-bond donors (Lipinski definition) is 3. The first-order chi connectivity index (χ1) is 12.1. The van der Waals surface area contributed by atoms with Crippen LogP contribution in [0.25, 0.3) is 10.9 Å². The van der Waals surface area contributed by atoms with Gasteiger partial charge in [-0.2, -0.15) is 0 Å². The Hall–Kier alpha value is -1.36. The smallest absolute Gasteiger partial charge is 0.110 e. The van der Waals surface area contributed by atoms with Crippen LogP contribution >= 0.6 is 0 Å². The molecule has 0 bridgehead atoms. The minimum absolute atomic E-state index is 0.126. The summed E-state index contributed by atoms with van der Waals surface area (Å²) in [5.74, 6) is 0.423. The number of hydrogen-bond acceptors (Lipinski definition) is 3. The van der Waals surface area contributed by atoms with Gasteiger partial charge >= 0.3 is 0 Å². The van der Waals surface area contributed by atoms with E-state index in [9.17, 15) is 10.2 Å². The van der Waals surface area contributed by atoms with Crippen molar-refractivity contribution in [1.82, 2.24) is 4.98 Å². The molecule has 1 aliphatic heterocycles. The molecular formula is C21H31NO3. The van der Waals surface area contributed by atoms with Crippen LogP contribution in [0.15, 0.2) is 12.1 Å². The number of ether oxygens (including phenoxy) is 1. The third kappa shape index (κ3) is 3.23. The Bertz CT molecular complexity index is 734. The number of fused-ring (bicyclic) bond motifs is 3. The highest BCUT2D eigenvalue weighted by molar-refractivity contribution is 5.89. The molecule has 0 saturated carbocycles. The maximum atomic E-state index is 9.58. The first-order valence-electron chi connectivity index (χ1n) is 9.59. The van der Waals surface area contributed by atoms with Crippen LogP contribution in [0.2, 0.25) is 0 Å². The largest absolute Gasteiger partial charge is 0.396 e. The standard InChI is InChI=1S/C21H31NO3/c1-4-21(8-10-24)20-16(7-11-25-21)18-13-15(6-5-9-23)12-17(14(2)3)19(18)22-20/h12-14,22-24H,4-11H2,1-3H3. The predicted octanol–water partition coefficient (Wildman–Crippen LogP) is 3.78. The van der Waals surface area contributed by atoms with Gasteiger partial charge in [0.15, 0.2) is 0 Å². The first-order valence-corrected chi connectivity index (χ1v) is 9.59. The summed E-state index contributed by atoms with van der Waals surface area (Å²) in [6.45, 7) is 7.63. The van der Waals surface area contributed by atoms with Crippen molar-refractivity contribution < 1.29 is 14.9 Å². The van der Waals surface area contributed by atoms with Gasteiger partial charge in [-0.3, -0.25) is 0 Å². The van der Waals surface area contributed by atoms with Gasteiger partial charge in [-0.25, -0.2) is 0 Å². The minimum atomic E-state index is -0.402. The van der Waals surface area contributed by atoms with Gasteiger partial charge in [-0.15, -0.1) is 0 Å². The van der Waals surface area contributed by atoms with Crippen molar-refractivity contribution in [2.75, 3.05) is 19.8 Å². The fourth-order valence-electron chi connectivity index (χ4n) is 4.22. The number of nitrogens with one attached hydrogen (secondary N) is 1. The molecule has 4 nitrogen and oxygen atoms in total. The summed E-state index contributed by atoms with van der Waals surface area (Å²) in [5.41, 5.74) is 5.95. The van der Waals surface area contributed by atoms with Crippen molar-refractivity contribution in [2.24, 2.45) is 0 Å². The zero-order chi connectivity index (χ0) is 18.0. The lowest BCUT2D eigenvalue weighted by Gasteiger charge is -2.36. The minimum Gasteiger partial charge on any atom is -0.396 e. The third-order valence-corrected chi connectivity index (χ3v) is 5.62. The van der Waals surface area contributed by atoms with Crippen LogP contribution in [0.4, 0.5) is 0 Å². The Balaban J connectivity index is 2.20. The lowest BCUT2D eigenvalue weighted by atomic mass is 9.86. The van der Waals surface area contributed by atoms with Crippen molar-refractivity contribution in [2.45, 2.75) is 64.4 Å². The number of aromatic amines is 1. The molecule has 0 fully saturated rings. The molecule has 0 radical (unpaired) electrons. The van der Waals surface area contributed by atoms with Gasteiger partial charge in [0.2, 0.25) is 0 Å². The van der Waals surface area contributed by atoms with E-state index in [1.54, 1.807) is 0 Å². The molecule has 0 spiro atoms. The van der Waals surface area contributed by atoms with E-state index in [0.29, 0.717) is 18.9 Å². The Morgan fingerprint density at radius 1 is 1.24 bits per heavy atom. The van der Waals surface area contributed by atoms with Crippen LogP contribution in [0, 0.1) is 0 Å². The van der Waals surface area contributed by atoms with E-state index in [0.717, 1.165) is 31.4 Å². The van der Waals surface area contributed by atoms with Crippen LogP contribution in [-0.4, -0.2) is 35.0 Å². The van der Waals surface area contributed by atoms with Crippen LogP contribution in [0.1, 0.15) is 68.3 Å². The van der Waals surface area contributed by atoms with Gasteiger partial charge in [-0.1, -0.05) is 26.8 Å². The molecule has 0 saturated heterocycles. The van der Waals surface area contributed by atoms with E-state index in [1.807, 2.05) is 0 Å². The molecular weight excluding hydrogens is 314 g/mol. The Morgan fingerprint density at radius 2 is 2.04 bits per heavy atom. The highest BCUT2D eigenvalue weighted by atomic mass is 16.5. The number of rotatable bonds is 7. The van der Waals surface area contributed by atoms with Gasteiger partial charge in [-0.05, 0) is 54.4 Å². The molecule has 3 rings (SSSR count). The summed E-state index contributed by atoms with van der Waals surface area (Å²) in [4.78, 5) is 3.69. The van der Waals surface area contributed by atoms with Crippen molar-refractivity contribution >= 4 is 10.9 Å². The summed E-state index contributed by atoms with van der Waals surface area (Å²) in [7, 11) is 0. The molecule has 25 heavy (non-hydrogen) atoms. The van der Waals surface area contributed by atoms with Crippen LogP contribution < -0.4 is 0 Å². The molecule has 1 atom stereocenters. The quantitative estimate of drug-likeness (QED) is 0.715. The molecule has 1 unspecified atom stereocenters. The van der Waals surface area contributed by atoms with Crippen LogP contribution in [0.3, 0.4) is 0 Å². The summed E-state index contributed by atoms with van der Waals surface area (Å²) >= 11 is 0. The second kappa shape index (κ2) is 7.48. The van der Waals surface area contributed by atoms with Crippen molar-refractivity contribution in [3.8, 4) is 0 Å². The van der Waals surface area contributed by atoms with E-state index in [1.165, 1.54) is 27.6 Å². The Kier molecular flexibility index (Phi) is 5.52. The van der Waals surface area contributed by atoms with Crippen molar-refractivity contribution in [3.63, 3.8) is 0 Å². The first kappa shape index (κ1) is 18.4. The van der Waals surface area contributed by atoms with E-state index >= 15 is 0 Å². The van der Waals surface area contributed by atoms with Crippen molar-refractivity contribution in [3.05, 3.63) is 34.5 Å². The molecule has 2 aromatic rings. The normalized spacial score (nSPS) is 20.4. The maximum absolute atomic E-state index is 9.58. The van der Waals surface area contributed by atoms with E-state index < -0.39 is 5.60 Å². The zero-order valence-electron chi connectivity index (χ0n) is 15.7.